The first-order chi connectivity index (χ1) is 17.9. The minimum atomic E-state index is -0.893. The number of benzene rings is 2. The summed E-state index contributed by atoms with van der Waals surface area (Å²) in [5.74, 6) is -1.66. The monoisotopic (exact) mass is 505 g/mol. The average molecular weight is 506 g/mol. The second-order valence-corrected chi connectivity index (χ2v) is 8.48. The van der Waals surface area contributed by atoms with Gasteiger partial charge in [0.1, 0.15) is 30.9 Å². The predicted molar refractivity (Wildman–Crippen MR) is 134 cm³/mol. The third-order valence-electron chi connectivity index (χ3n) is 5.98. The lowest BCUT2D eigenvalue weighted by atomic mass is 10.0. The summed E-state index contributed by atoms with van der Waals surface area (Å²) in [6.45, 7) is 1.33. The van der Waals surface area contributed by atoms with Crippen molar-refractivity contribution in [2.24, 2.45) is 5.92 Å². The van der Waals surface area contributed by atoms with E-state index in [2.05, 4.69) is 4.98 Å². The Kier molecular flexibility index (Phi) is 8.11. The zero-order chi connectivity index (χ0) is 26.4. The van der Waals surface area contributed by atoms with Crippen molar-refractivity contribution in [3.63, 3.8) is 0 Å². The fraction of sp³-hybridized carbons (Fsp3) is 0.259. The molecule has 1 aromatic heterocycles. The summed E-state index contributed by atoms with van der Waals surface area (Å²) in [6, 6.07) is 16.9. The van der Waals surface area contributed by atoms with Crippen molar-refractivity contribution < 1.29 is 28.9 Å². The molecule has 0 saturated carbocycles. The van der Waals surface area contributed by atoms with E-state index < -0.39 is 42.0 Å². The number of carbonyl (C=O) groups excluding carboxylic acids is 2. The van der Waals surface area contributed by atoms with Gasteiger partial charge < -0.3 is 25.1 Å². The quantitative estimate of drug-likeness (QED) is 0.441. The maximum atomic E-state index is 12.9. The number of aromatic nitrogens is 2. The number of ether oxygens (including phenoxy) is 3. The summed E-state index contributed by atoms with van der Waals surface area (Å²) in [7, 11) is 0. The van der Waals surface area contributed by atoms with Crippen molar-refractivity contribution in [2.45, 2.75) is 25.4 Å². The van der Waals surface area contributed by atoms with Crippen LogP contribution in [0.2, 0.25) is 0 Å². The highest BCUT2D eigenvalue weighted by Crippen LogP contribution is 2.37. The third-order valence-corrected chi connectivity index (χ3v) is 5.98. The van der Waals surface area contributed by atoms with Gasteiger partial charge in [0.15, 0.2) is 0 Å². The second kappa shape index (κ2) is 11.6. The molecule has 0 bridgehead atoms. The Balaban J connectivity index is 1.61. The molecule has 0 amide bonds. The Labute approximate surface area is 212 Å². The Morgan fingerprint density at radius 2 is 1.70 bits per heavy atom. The standard InChI is InChI=1S/C27H27N3O7/c1-17-22(37-26(33)19-11-6-3-7-12-19)21(16-35-25(32)18-9-4-2-5-10-18)36-24(17)30-15-20(13-8-14-31)23(28)29-27(30)34/h2-13,15,17,21-22,24,31H,14,16H2,1H3,(H2,28,29,34)/b13-8+. The molecule has 4 atom stereocenters. The molecular formula is C27H27N3O7. The molecule has 192 valence electrons. The minimum absolute atomic E-state index is 0.00278. The maximum Gasteiger partial charge on any atom is 0.351 e. The summed E-state index contributed by atoms with van der Waals surface area (Å²) in [6.07, 6.45) is 1.85. The molecule has 0 radical (unpaired) electrons. The summed E-state index contributed by atoms with van der Waals surface area (Å²) in [4.78, 5) is 42.0. The van der Waals surface area contributed by atoms with E-state index in [1.54, 1.807) is 67.6 Å². The van der Waals surface area contributed by atoms with Gasteiger partial charge in [0.25, 0.3) is 0 Å². The first-order valence-electron chi connectivity index (χ1n) is 11.7. The molecule has 3 N–H and O–H groups in total. The molecule has 1 aliphatic rings. The Morgan fingerprint density at radius 1 is 1.08 bits per heavy atom. The van der Waals surface area contributed by atoms with Crippen molar-refractivity contribution in [1.82, 2.24) is 9.55 Å². The van der Waals surface area contributed by atoms with Crippen LogP contribution in [-0.4, -0.2) is 52.0 Å². The smallest absolute Gasteiger partial charge is 0.351 e. The van der Waals surface area contributed by atoms with Gasteiger partial charge >= 0.3 is 17.6 Å². The highest BCUT2D eigenvalue weighted by atomic mass is 16.6. The summed E-state index contributed by atoms with van der Waals surface area (Å²) >= 11 is 0. The molecule has 37 heavy (non-hydrogen) atoms. The van der Waals surface area contributed by atoms with Gasteiger partial charge in [0, 0.05) is 17.7 Å². The second-order valence-electron chi connectivity index (χ2n) is 8.48. The van der Waals surface area contributed by atoms with Crippen molar-refractivity contribution in [3.05, 3.63) is 100 Å². The van der Waals surface area contributed by atoms with Crippen LogP contribution in [0.1, 0.15) is 39.4 Å². The van der Waals surface area contributed by atoms with E-state index in [1.165, 1.54) is 22.9 Å². The van der Waals surface area contributed by atoms with E-state index in [0.717, 1.165) is 0 Å². The lowest BCUT2D eigenvalue weighted by molar-refractivity contribution is -0.0587. The van der Waals surface area contributed by atoms with Crippen LogP contribution >= 0.6 is 0 Å². The zero-order valence-corrected chi connectivity index (χ0v) is 20.1. The summed E-state index contributed by atoms with van der Waals surface area (Å²) < 4.78 is 18.7. The van der Waals surface area contributed by atoms with E-state index in [1.807, 2.05) is 0 Å². The number of rotatable bonds is 8. The number of hydrogen-bond donors (Lipinski definition) is 2. The van der Waals surface area contributed by atoms with Crippen LogP contribution < -0.4 is 11.4 Å². The number of nitrogen functional groups attached to an aromatic ring is 1. The molecule has 3 aromatic rings. The molecule has 4 rings (SSSR count). The lowest BCUT2D eigenvalue weighted by Gasteiger charge is -2.22. The first-order valence-corrected chi connectivity index (χ1v) is 11.7. The Morgan fingerprint density at radius 3 is 2.32 bits per heavy atom. The number of nitrogens with two attached hydrogens (primary N) is 1. The van der Waals surface area contributed by atoms with Gasteiger partial charge in [-0.2, -0.15) is 4.98 Å². The van der Waals surface area contributed by atoms with E-state index in [-0.39, 0.29) is 19.0 Å². The predicted octanol–water partition coefficient (Wildman–Crippen LogP) is 2.45. The zero-order valence-electron chi connectivity index (χ0n) is 20.1. The average Bonchev–Trinajstić information content (AvgIpc) is 3.22. The van der Waals surface area contributed by atoms with E-state index >= 15 is 0 Å². The molecule has 4 unspecified atom stereocenters. The molecule has 2 heterocycles. The van der Waals surface area contributed by atoms with Crippen molar-refractivity contribution in [1.29, 1.82) is 0 Å². The SMILES string of the molecule is CC1C(OC(=O)c2ccccc2)C(COC(=O)c2ccccc2)OC1n1cc(/C=C/CO)c(N)nc1=O. The molecule has 10 nitrogen and oxygen atoms in total. The largest absolute Gasteiger partial charge is 0.459 e. The van der Waals surface area contributed by atoms with Crippen molar-refractivity contribution in [2.75, 3.05) is 18.9 Å². The Bertz CT molecular complexity index is 1320. The lowest BCUT2D eigenvalue weighted by Crippen LogP contribution is -2.35. The van der Waals surface area contributed by atoms with Crippen LogP contribution in [0.5, 0.6) is 0 Å². The minimum Gasteiger partial charge on any atom is -0.459 e. The third kappa shape index (κ3) is 5.93. The number of hydrogen-bond acceptors (Lipinski definition) is 9. The van der Waals surface area contributed by atoms with E-state index in [4.69, 9.17) is 25.1 Å². The maximum absolute atomic E-state index is 12.9. The van der Waals surface area contributed by atoms with Crippen LogP contribution in [0, 0.1) is 5.92 Å². The highest BCUT2D eigenvalue weighted by molar-refractivity contribution is 5.90. The molecule has 0 aliphatic carbocycles. The molecule has 1 aliphatic heterocycles. The van der Waals surface area contributed by atoms with Gasteiger partial charge in [0.05, 0.1) is 17.7 Å². The number of esters is 2. The van der Waals surface area contributed by atoms with Gasteiger partial charge in [-0.1, -0.05) is 55.5 Å². The normalized spacial score (nSPS) is 21.1. The van der Waals surface area contributed by atoms with Crippen LogP contribution in [0.25, 0.3) is 6.08 Å². The van der Waals surface area contributed by atoms with Gasteiger partial charge in [-0.3, -0.25) is 4.57 Å². The van der Waals surface area contributed by atoms with Gasteiger partial charge in [-0.25, -0.2) is 14.4 Å². The number of nitrogens with zero attached hydrogens (tertiary/aromatic N) is 2. The van der Waals surface area contributed by atoms with Crippen LogP contribution in [-0.2, 0) is 14.2 Å². The first kappa shape index (κ1) is 25.8. The van der Waals surface area contributed by atoms with Gasteiger partial charge in [0.2, 0.25) is 0 Å². The molecule has 2 aromatic carbocycles. The fourth-order valence-corrected chi connectivity index (χ4v) is 4.09. The molecule has 1 saturated heterocycles. The fourth-order valence-electron chi connectivity index (χ4n) is 4.09. The molecule has 0 spiro atoms. The Hall–Kier alpha value is -4.28. The van der Waals surface area contributed by atoms with E-state index in [9.17, 15) is 14.4 Å². The molecule has 1 fully saturated rings. The van der Waals surface area contributed by atoms with E-state index in [0.29, 0.717) is 16.7 Å². The van der Waals surface area contributed by atoms with Crippen LogP contribution in [0.4, 0.5) is 5.82 Å². The highest BCUT2D eigenvalue weighted by Gasteiger charge is 2.46. The topological polar surface area (TPSA) is 143 Å². The molecule has 10 heteroatoms. The summed E-state index contributed by atoms with van der Waals surface area (Å²) in [5, 5.41) is 9.10. The van der Waals surface area contributed by atoms with Crippen molar-refractivity contribution in [3.8, 4) is 0 Å². The number of carbonyl (C=O) groups is 2. The number of aliphatic hydroxyl groups is 1. The summed E-state index contributed by atoms with van der Waals surface area (Å²) in [5.41, 5.74) is 6.31. The van der Waals surface area contributed by atoms with Crippen LogP contribution in [0.15, 0.2) is 77.7 Å². The number of aliphatic hydroxyl groups excluding tert-OH is 1. The van der Waals surface area contributed by atoms with Gasteiger partial charge in [-0.05, 0) is 24.3 Å². The van der Waals surface area contributed by atoms with Gasteiger partial charge in [-0.15, -0.1) is 0 Å². The van der Waals surface area contributed by atoms with Crippen molar-refractivity contribution >= 4 is 23.8 Å². The van der Waals surface area contributed by atoms with Crippen LogP contribution in [0.3, 0.4) is 0 Å². The molecular weight excluding hydrogens is 478 g/mol. The number of anilines is 1.